The number of fused-ring (bicyclic) bond motifs is 1. The molecule has 1 aliphatic carbocycles. The minimum Gasteiger partial charge on any atom is -0.464 e. The molecule has 1 amide bonds. The van der Waals surface area contributed by atoms with Crippen molar-refractivity contribution in [2.45, 2.75) is 122 Å². The molecule has 2 aromatic carbocycles. The highest BCUT2D eigenvalue weighted by Crippen LogP contribution is 2.42. The van der Waals surface area contributed by atoms with E-state index in [1.54, 1.807) is 11.8 Å². The Morgan fingerprint density at radius 2 is 1.56 bits per heavy atom. The predicted molar refractivity (Wildman–Crippen MR) is 168 cm³/mol. The second kappa shape index (κ2) is 17.2. The largest absolute Gasteiger partial charge is 0.464 e. The lowest BCUT2D eigenvalue weighted by Crippen LogP contribution is -2.55. The first-order valence-corrected chi connectivity index (χ1v) is 16.5. The first-order chi connectivity index (χ1) is 21.0. The summed E-state index contributed by atoms with van der Waals surface area (Å²) in [6, 6.07) is 17.8. The fraction of sp³-hybridized carbons (Fsp3) is 0.583. The summed E-state index contributed by atoms with van der Waals surface area (Å²) in [6.45, 7) is 4.57. The lowest BCUT2D eigenvalue weighted by molar-refractivity contribution is -0.156. The number of hydrogen-bond donors (Lipinski definition) is 1. The van der Waals surface area contributed by atoms with E-state index < -0.39 is 18.1 Å². The van der Waals surface area contributed by atoms with Crippen molar-refractivity contribution in [3.05, 3.63) is 71.8 Å². The number of hydrogen-bond acceptors (Lipinski definition) is 6. The molecule has 234 valence electrons. The van der Waals surface area contributed by atoms with Crippen LogP contribution in [0.1, 0.15) is 95.6 Å². The number of nitrogens with one attached hydrogen (secondary N) is 1. The van der Waals surface area contributed by atoms with E-state index in [0.29, 0.717) is 31.8 Å². The average molecular weight is 591 g/mol. The third-order valence-corrected chi connectivity index (χ3v) is 9.00. The van der Waals surface area contributed by atoms with E-state index in [4.69, 9.17) is 9.47 Å². The first-order valence-electron chi connectivity index (χ1n) is 16.5. The second-order valence-electron chi connectivity index (χ2n) is 12.2. The van der Waals surface area contributed by atoms with Gasteiger partial charge in [0.25, 0.3) is 0 Å². The highest BCUT2D eigenvalue weighted by Gasteiger charge is 2.50. The normalized spacial score (nSPS) is 20.8. The Labute approximate surface area is 257 Å². The van der Waals surface area contributed by atoms with Crippen molar-refractivity contribution in [3.8, 4) is 0 Å². The number of unbranched alkanes of at least 4 members (excludes halogenated alkanes) is 5. The number of ether oxygens (including phenoxy) is 2. The lowest BCUT2D eigenvalue weighted by Gasteiger charge is -2.32. The van der Waals surface area contributed by atoms with Crippen molar-refractivity contribution in [2.24, 2.45) is 5.92 Å². The molecule has 2 aromatic rings. The minimum absolute atomic E-state index is 0.0520. The summed E-state index contributed by atoms with van der Waals surface area (Å²) in [5.74, 6) is -0.482. The number of carbonyl (C=O) groups excluding carboxylic acids is 3. The molecule has 0 radical (unpaired) electrons. The Morgan fingerprint density at radius 3 is 2.28 bits per heavy atom. The van der Waals surface area contributed by atoms with Gasteiger partial charge < -0.3 is 14.4 Å². The third-order valence-electron chi connectivity index (χ3n) is 9.00. The Morgan fingerprint density at radius 1 is 0.884 bits per heavy atom. The summed E-state index contributed by atoms with van der Waals surface area (Å²) < 4.78 is 11.4. The van der Waals surface area contributed by atoms with Gasteiger partial charge in [-0.3, -0.25) is 14.9 Å². The van der Waals surface area contributed by atoms with Crippen LogP contribution in [-0.2, 0) is 36.9 Å². The number of carbonyl (C=O) groups is 3. The van der Waals surface area contributed by atoms with Gasteiger partial charge in [0, 0.05) is 6.04 Å². The highest BCUT2D eigenvalue weighted by molar-refractivity contribution is 5.89. The molecule has 1 heterocycles. The molecular formula is C36H50N2O5. The fourth-order valence-electron chi connectivity index (χ4n) is 6.62. The van der Waals surface area contributed by atoms with Crippen LogP contribution in [0.3, 0.4) is 0 Å². The van der Waals surface area contributed by atoms with Crippen molar-refractivity contribution in [2.75, 3.05) is 6.61 Å². The van der Waals surface area contributed by atoms with Crippen LogP contribution in [-0.4, -0.2) is 53.5 Å². The Kier molecular flexibility index (Phi) is 13.1. The number of aryl methyl sites for hydroxylation is 1. The molecule has 2 fully saturated rings. The van der Waals surface area contributed by atoms with Gasteiger partial charge in [0.1, 0.15) is 18.7 Å². The molecule has 4 rings (SSSR count). The fourth-order valence-corrected chi connectivity index (χ4v) is 6.62. The van der Waals surface area contributed by atoms with E-state index in [2.05, 4.69) is 12.2 Å². The summed E-state index contributed by atoms with van der Waals surface area (Å²) in [5.41, 5.74) is 2.03. The summed E-state index contributed by atoms with van der Waals surface area (Å²) in [7, 11) is 0. The van der Waals surface area contributed by atoms with Crippen LogP contribution in [0.4, 0.5) is 0 Å². The van der Waals surface area contributed by atoms with Gasteiger partial charge in [-0.05, 0) is 62.5 Å². The van der Waals surface area contributed by atoms with E-state index in [0.717, 1.165) is 49.7 Å². The molecule has 0 bridgehead atoms. The highest BCUT2D eigenvalue weighted by atomic mass is 16.5. The maximum atomic E-state index is 14.0. The van der Waals surface area contributed by atoms with Gasteiger partial charge in [-0.15, -0.1) is 0 Å². The number of amides is 1. The van der Waals surface area contributed by atoms with Crippen molar-refractivity contribution >= 4 is 17.8 Å². The number of nitrogens with zero attached hydrogens (tertiary/aromatic N) is 1. The molecule has 7 heteroatoms. The van der Waals surface area contributed by atoms with Crippen molar-refractivity contribution < 1.29 is 23.9 Å². The molecule has 0 spiro atoms. The maximum absolute atomic E-state index is 14.0. The van der Waals surface area contributed by atoms with Gasteiger partial charge in [0.15, 0.2) is 0 Å². The van der Waals surface area contributed by atoms with Gasteiger partial charge in [0.05, 0.1) is 12.6 Å². The van der Waals surface area contributed by atoms with E-state index >= 15 is 0 Å². The van der Waals surface area contributed by atoms with Crippen LogP contribution in [0.15, 0.2) is 60.7 Å². The van der Waals surface area contributed by atoms with Crippen molar-refractivity contribution in [1.29, 1.82) is 0 Å². The van der Waals surface area contributed by atoms with Gasteiger partial charge in [-0.1, -0.05) is 106 Å². The van der Waals surface area contributed by atoms with Gasteiger partial charge in [-0.2, -0.15) is 0 Å². The molecule has 1 saturated heterocycles. The number of benzene rings is 2. The third kappa shape index (κ3) is 9.65. The minimum atomic E-state index is -0.664. The molecule has 1 saturated carbocycles. The Balaban J connectivity index is 1.38. The SMILES string of the molecule is CCCCCCCCOC(=O)[C@@H]1C[C@@H]2CCC[C@@H]2N1C(=O)[C@H](C)N[C@@H](CCc1ccccc1)C(=O)OCc1ccccc1. The Hall–Kier alpha value is -3.19. The van der Waals surface area contributed by atoms with Crippen LogP contribution in [0.2, 0.25) is 0 Å². The quantitative estimate of drug-likeness (QED) is 0.170. The van der Waals surface area contributed by atoms with Crippen LogP contribution < -0.4 is 5.32 Å². The van der Waals surface area contributed by atoms with Crippen molar-refractivity contribution in [1.82, 2.24) is 10.2 Å². The summed E-state index contributed by atoms with van der Waals surface area (Å²) in [4.78, 5) is 42.4. The molecule has 43 heavy (non-hydrogen) atoms. The standard InChI is InChI=1S/C36H50N2O5/c1-3-4-5-6-7-14-24-42-36(41)33-25-30-20-15-21-32(30)38(33)34(39)27(2)37-31(23-22-28-16-10-8-11-17-28)35(40)43-26-29-18-12-9-13-19-29/h8-13,16-19,27,30-33,37H,3-7,14-15,20-26H2,1-2H3/t27-,30-,31-,32-,33-/m0/s1. The zero-order valence-corrected chi connectivity index (χ0v) is 26.0. The zero-order chi connectivity index (χ0) is 30.4. The first kappa shape index (κ1) is 32.7. The molecular weight excluding hydrogens is 540 g/mol. The van der Waals surface area contributed by atoms with Gasteiger partial charge in [0.2, 0.25) is 5.91 Å². The van der Waals surface area contributed by atoms with Crippen LogP contribution in [0.5, 0.6) is 0 Å². The molecule has 0 aromatic heterocycles. The molecule has 5 atom stereocenters. The molecule has 2 aliphatic rings. The topological polar surface area (TPSA) is 84.9 Å². The summed E-state index contributed by atoms with van der Waals surface area (Å²) in [5, 5.41) is 3.30. The van der Waals surface area contributed by atoms with E-state index in [9.17, 15) is 14.4 Å². The number of esters is 2. The number of rotatable bonds is 17. The molecule has 1 aliphatic heterocycles. The summed E-state index contributed by atoms with van der Waals surface area (Å²) >= 11 is 0. The molecule has 7 nitrogen and oxygen atoms in total. The van der Waals surface area contributed by atoms with E-state index in [1.165, 1.54) is 19.3 Å². The monoisotopic (exact) mass is 590 g/mol. The van der Waals surface area contributed by atoms with Crippen LogP contribution >= 0.6 is 0 Å². The lowest BCUT2D eigenvalue weighted by atomic mass is 10.0. The van der Waals surface area contributed by atoms with E-state index in [1.807, 2.05) is 60.7 Å². The van der Waals surface area contributed by atoms with Crippen LogP contribution in [0, 0.1) is 5.92 Å². The van der Waals surface area contributed by atoms with Crippen LogP contribution in [0.25, 0.3) is 0 Å². The predicted octanol–water partition coefficient (Wildman–Crippen LogP) is 6.38. The summed E-state index contributed by atoms with van der Waals surface area (Å²) in [6.07, 6.45) is 11.6. The zero-order valence-electron chi connectivity index (χ0n) is 26.0. The van der Waals surface area contributed by atoms with Gasteiger partial charge >= 0.3 is 11.9 Å². The molecule has 0 unspecified atom stereocenters. The van der Waals surface area contributed by atoms with Crippen molar-refractivity contribution in [3.63, 3.8) is 0 Å². The maximum Gasteiger partial charge on any atom is 0.328 e. The molecule has 1 N–H and O–H groups in total. The second-order valence-corrected chi connectivity index (χ2v) is 12.2. The number of likely N-dealkylation sites (tertiary alicyclic amines) is 1. The van der Waals surface area contributed by atoms with Gasteiger partial charge in [-0.25, -0.2) is 4.79 Å². The van der Waals surface area contributed by atoms with E-state index in [-0.39, 0.29) is 30.5 Å². The average Bonchev–Trinajstić information content (AvgIpc) is 3.64. The smallest absolute Gasteiger partial charge is 0.328 e. The Bertz CT molecular complexity index is 1140.